The van der Waals surface area contributed by atoms with Gasteiger partial charge in [-0.25, -0.2) is 9.78 Å². The molecule has 0 radical (unpaired) electrons. The number of aryl methyl sites for hydroxylation is 1. The fourth-order valence-electron chi connectivity index (χ4n) is 1.92. The lowest BCUT2D eigenvalue weighted by atomic mass is 9.97. The number of likely N-dealkylation sites (tertiary alicyclic amines) is 1. The Morgan fingerprint density at radius 2 is 2.22 bits per heavy atom. The summed E-state index contributed by atoms with van der Waals surface area (Å²) in [6, 6.07) is 0. The summed E-state index contributed by atoms with van der Waals surface area (Å²) in [6.07, 6.45) is 2.27. The Bertz CT molecular complexity index is 428. The molecule has 1 amide bonds. The second kappa shape index (κ2) is 4.63. The minimum Gasteiger partial charge on any atom is -0.446 e. The van der Waals surface area contributed by atoms with Gasteiger partial charge in [-0.05, 0) is 27.7 Å². The van der Waals surface area contributed by atoms with E-state index < -0.39 is 5.60 Å². The summed E-state index contributed by atoms with van der Waals surface area (Å²) in [5.74, 6) is 2.00. The largest absolute Gasteiger partial charge is 0.446 e. The van der Waals surface area contributed by atoms with Gasteiger partial charge in [0.25, 0.3) is 0 Å². The van der Waals surface area contributed by atoms with Crippen molar-refractivity contribution in [1.82, 2.24) is 9.88 Å². The molecule has 2 heterocycles. The molecule has 2 rings (SSSR count). The van der Waals surface area contributed by atoms with E-state index in [0.717, 1.165) is 31.2 Å². The van der Waals surface area contributed by atoms with Crippen LogP contribution in [0, 0.1) is 12.8 Å². The van der Waals surface area contributed by atoms with Crippen molar-refractivity contribution in [2.75, 3.05) is 13.1 Å². The zero-order valence-corrected chi connectivity index (χ0v) is 11.4. The summed E-state index contributed by atoms with van der Waals surface area (Å²) in [4.78, 5) is 17.6. The van der Waals surface area contributed by atoms with Crippen LogP contribution in [0.4, 0.5) is 4.79 Å². The van der Waals surface area contributed by atoms with E-state index in [1.165, 1.54) is 0 Å². The van der Waals surface area contributed by atoms with Crippen molar-refractivity contribution < 1.29 is 13.9 Å². The maximum absolute atomic E-state index is 11.7. The van der Waals surface area contributed by atoms with Crippen molar-refractivity contribution in [1.29, 1.82) is 0 Å². The van der Waals surface area contributed by atoms with Crippen LogP contribution in [0.2, 0.25) is 0 Å². The van der Waals surface area contributed by atoms with Crippen molar-refractivity contribution >= 4 is 6.09 Å². The van der Waals surface area contributed by atoms with E-state index in [1.54, 1.807) is 11.1 Å². The number of carbonyl (C=O) groups excluding carboxylic acids is 1. The molecule has 5 heteroatoms. The fourth-order valence-corrected chi connectivity index (χ4v) is 1.92. The van der Waals surface area contributed by atoms with Crippen LogP contribution in [0.1, 0.15) is 32.4 Å². The lowest BCUT2D eigenvalue weighted by molar-refractivity contribution is -0.00173. The van der Waals surface area contributed by atoms with Gasteiger partial charge in [-0.15, -0.1) is 0 Å². The molecular weight excluding hydrogens is 232 g/mol. The van der Waals surface area contributed by atoms with E-state index in [-0.39, 0.29) is 6.09 Å². The minimum atomic E-state index is -0.429. The monoisotopic (exact) mass is 252 g/mol. The van der Waals surface area contributed by atoms with Crippen LogP contribution in [0.15, 0.2) is 10.6 Å². The fraction of sp³-hybridized carbons (Fsp3) is 0.692. The highest BCUT2D eigenvalue weighted by atomic mass is 16.6. The van der Waals surface area contributed by atoms with Gasteiger partial charge in [-0.3, -0.25) is 0 Å². The van der Waals surface area contributed by atoms with Gasteiger partial charge in [0, 0.05) is 25.4 Å². The molecule has 1 saturated heterocycles. The zero-order valence-electron chi connectivity index (χ0n) is 11.4. The summed E-state index contributed by atoms with van der Waals surface area (Å²) >= 11 is 0. The molecule has 0 aromatic carbocycles. The zero-order chi connectivity index (χ0) is 13.3. The van der Waals surface area contributed by atoms with Crippen molar-refractivity contribution in [3.05, 3.63) is 17.8 Å². The number of rotatable bonds is 2. The predicted octanol–water partition coefficient (Wildman–Crippen LogP) is 2.39. The van der Waals surface area contributed by atoms with Gasteiger partial charge in [-0.2, -0.15) is 0 Å². The van der Waals surface area contributed by atoms with Crippen molar-refractivity contribution in [3.8, 4) is 0 Å². The van der Waals surface area contributed by atoms with Crippen molar-refractivity contribution in [3.63, 3.8) is 0 Å². The van der Waals surface area contributed by atoms with Crippen LogP contribution in [0.25, 0.3) is 0 Å². The first-order chi connectivity index (χ1) is 8.33. The molecule has 1 aromatic heterocycles. The summed E-state index contributed by atoms with van der Waals surface area (Å²) in [5.41, 5.74) is -0.429. The van der Waals surface area contributed by atoms with Gasteiger partial charge in [-0.1, -0.05) is 0 Å². The van der Waals surface area contributed by atoms with E-state index in [9.17, 15) is 4.79 Å². The Hall–Kier alpha value is -1.52. The quantitative estimate of drug-likeness (QED) is 0.811. The van der Waals surface area contributed by atoms with Gasteiger partial charge in [0.1, 0.15) is 11.4 Å². The van der Waals surface area contributed by atoms with Gasteiger partial charge < -0.3 is 14.1 Å². The van der Waals surface area contributed by atoms with E-state index >= 15 is 0 Å². The van der Waals surface area contributed by atoms with Gasteiger partial charge in [0.15, 0.2) is 5.89 Å². The van der Waals surface area contributed by atoms with Crippen molar-refractivity contribution in [2.45, 2.75) is 39.7 Å². The first-order valence-corrected chi connectivity index (χ1v) is 6.23. The minimum absolute atomic E-state index is 0.234. The normalized spacial score (nSPS) is 16.6. The number of carbonyl (C=O) groups is 1. The average Bonchev–Trinajstić information content (AvgIpc) is 2.53. The number of hydrogen-bond donors (Lipinski definition) is 0. The summed E-state index contributed by atoms with van der Waals surface area (Å²) < 4.78 is 10.7. The SMILES string of the molecule is Cc1cnc(CC2CN(C(=O)OC(C)(C)C)C2)o1. The van der Waals surface area contributed by atoms with E-state index in [0.29, 0.717) is 5.92 Å². The standard InChI is InChI=1S/C13H20N2O3/c1-9-6-14-11(17-9)5-10-7-15(8-10)12(16)18-13(2,3)4/h6,10H,5,7-8H2,1-4H3. The molecule has 0 N–H and O–H groups in total. The smallest absolute Gasteiger partial charge is 0.410 e. The number of hydrogen-bond acceptors (Lipinski definition) is 4. The van der Waals surface area contributed by atoms with Gasteiger partial charge >= 0.3 is 6.09 Å². The average molecular weight is 252 g/mol. The molecule has 0 atom stereocenters. The molecule has 0 bridgehead atoms. The highest BCUT2D eigenvalue weighted by Crippen LogP contribution is 2.22. The van der Waals surface area contributed by atoms with Gasteiger partial charge in [0.2, 0.25) is 0 Å². The molecule has 1 fully saturated rings. The molecule has 0 saturated carbocycles. The molecule has 1 aromatic rings. The Morgan fingerprint density at radius 1 is 1.56 bits per heavy atom. The molecule has 0 unspecified atom stereocenters. The summed E-state index contributed by atoms with van der Waals surface area (Å²) in [7, 11) is 0. The third kappa shape index (κ3) is 3.24. The molecule has 100 valence electrons. The van der Waals surface area contributed by atoms with Crippen LogP contribution in [0.5, 0.6) is 0 Å². The first-order valence-electron chi connectivity index (χ1n) is 6.23. The molecule has 0 aliphatic carbocycles. The van der Waals surface area contributed by atoms with E-state index in [2.05, 4.69) is 4.98 Å². The molecule has 0 spiro atoms. The summed E-state index contributed by atoms with van der Waals surface area (Å²) in [5, 5.41) is 0. The number of aromatic nitrogens is 1. The number of amides is 1. The van der Waals surface area contributed by atoms with Crippen LogP contribution < -0.4 is 0 Å². The molecule has 1 aliphatic rings. The highest BCUT2D eigenvalue weighted by Gasteiger charge is 2.34. The maximum atomic E-state index is 11.7. The number of nitrogens with zero attached hydrogens (tertiary/aromatic N) is 2. The third-order valence-electron chi connectivity index (χ3n) is 2.74. The highest BCUT2D eigenvalue weighted by molar-refractivity contribution is 5.69. The number of oxazole rings is 1. The van der Waals surface area contributed by atoms with Crippen LogP contribution in [-0.2, 0) is 11.2 Å². The maximum Gasteiger partial charge on any atom is 0.410 e. The van der Waals surface area contributed by atoms with Gasteiger partial charge in [0.05, 0.1) is 6.20 Å². The van der Waals surface area contributed by atoms with Crippen molar-refractivity contribution in [2.24, 2.45) is 5.92 Å². The lowest BCUT2D eigenvalue weighted by Gasteiger charge is -2.39. The third-order valence-corrected chi connectivity index (χ3v) is 2.74. The topological polar surface area (TPSA) is 55.6 Å². The Kier molecular flexibility index (Phi) is 3.32. The lowest BCUT2D eigenvalue weighted by Crippen LogP contribution is -2.52. The Morgan fingerprint density at radius 3 is 2.72 bits per heavy atom. The molecule has 18 heavy (non-hydrogen) atoms. The van der Waals surface area contributed by atoms with E-state index in [4.69, 9.17) is 9.15 Å². The summed E-state index contributed by atoms with van der Waals surface area (Å²) in [6.45, 7) is 8.93. The van der Waals surface area contributed by atoms with Crippen LogP contribution in [-0.4, -0.2) is 34.7 Å². The van der Waals surface area contributed by atoms with E-state index in [1.807, 2.05) is 27.7 Å². The Balaban J connectivity index is 1.75. The molecule has 1 aliphatic heterocycles. The second-order valence-electron chi connectivity index (χ2n) is 5.82. The number of ether oxygens (including phenoxy) is 1. The molecular formula is C13H20N2O3. The van der Waals surface area contributed by atoms with Crippen LogP contribution >= 0.6 is 0 Å². The first kappa shape index (κ1) is 12.9. The molecule has 5 nitrogen and oxygen atoms in total. The predicted molar refractivity (Wildman–Crippen MR) is 66.2 cm³/mol. The second-order valence-corrected chi connectivity index (χ2v) is 5.82. The van der Waals surface area contributed by atoms with Crippen LogP contribution in [0.3, 0.4) is 0 Å². The Labute approximate surface area is 107 Å².